The van der Waals surface area contributed by atoms with E-state index in [1.807, 2.05) is 6.92 Å². The van der Waals surface area contributed by atoms with Gasteiger partial charge in [-0.15, -0.1) is 0 Å². The number of nitrogens with zero attached hydrogens (tertiary/aromatic N) is 3. The lowest BCUT2D eigenvalue weighted by molar-refractivity contribution is 0.614. The highest BCUT2D eigenvalue weighted by molar-refractivity contribution is 5.49. The Balaban J connectivity index is 2.03. The number of hydrogen-bond donors (Lipinski definition) is 2. The van der Waals surface area contributed by atoms with E-state index in [0.29, 0.717) is 5.92 Å². The molecule has 1 atom stereocenters. The molecule has 0 aliphatic carbocycles. The van der Waals surface area contributed by atoms with E-state index in [0.717, 1.165) is 50.2 Å². The Morgan fingerprint density at radius 2 is 2.16 bits per heavy atom. The van der Waals surface area contributed by atoms with Gasteiger partial charge in [0.25, 0.3) is 0 Å². The summed E-state index contributed by atoms with van der Waals surface area (Å²) in [5.41, 5.74) is 0. The topological polar surface area (TPSA) is 53.1 Å². The molecular weight excluding hydrogens is 238 g/mol. The molecule has 1 unspecified atom stereocenters. The molecule has 2 N–H and O–H groups in total. The molecule has 5 nitrogen and oxygen atoms in total. The number of aryl methyl sites for hydroxylation is 1. The van der Waals surface area contributed by atoms with E-state index in [9.17, 15) is 0 Å². The van der Waals surface area contributed by atoms with Gasteiger partial charge in [-0.25, -0.2) is 9.97 Å². The van der Waals surface area contributed by atoms with Crippen LogP contribution in [-0.4, -0.2) is 42.7 Å². The standard InChI is InChI=1S/C14H25N5/c1-4-19(5-2)14-8-13(17-11(3)18-14)16-10-12-6-7-15-9-12/h8,12,15H,4-7,9-10H2,1-3H3,(H,16,17,18). The molecule has 1 fully saturated rings. The van der Waals surface area contributed by atoms with Crippen molar-refractivity contribution in [2.24, 2.45) is 5.92 Å². The zero-order chi connectivity index (χ0) is 13.7. The number of hydrogen-bond acceptors (Lipinski definition) is 5. The lowest BCUT2D eigenvalue weighted by atomic mass is 10.1. The third-order valence-electron chi connectivity index (χ3n) is 3.65. The molecule has 0 radical (unpaired) electrons. The van der Waals surface area contributed by atoms with Crippen LogP contribution in [0.3, 0.4) is 0 Å². The molecular formula is C14H25N5. The number of nitrogens with one attached hydrogen (secondary N) is 2. The van der Waals surface area contributed by atoms with Crippen LogP contribution >= 0.6 is 0 Å². The van der Waals surface area contributed by atoms with Gasteiger partial charge in [0.1, 0.15) is 17.5 Å². The van der Waals surface area contributed by atoms with Gasteiger partial charge in [0.2, 0.25) is 0 Å². The summed E-state index contributed by atoms with van der Waals surface area (Å²) in [7, 11) is 0. The van der Waals surface area contributed by atoms with Gasteiger partial charge < -0.3 is 15.5 Å². The third kappa shape index (κ3) is 3.80. The van der Waals surface area contributed by atoms with Crippen LogP contribution in [-0.2, 0) is 0 Å². The molecule has 0 aromatic carbocycles. The monoisotopic (exact) mass is 263 g/mol. The minimum absolute atomic E-state index is 0.715. The fourth-order valence-electron chi connectivity index (χ4n) is 2.49. The Bertz CT molecular complexity index is 397. The predicted molar refractivity (Wildman–Crippen MR) is 79.8 cm³/mol. The lowest BCUT2D eigenvalue weighted by Gasteiger charge is -2.21. The van der Waals surface area contributed by atoms with E-state index in [4.69, 9.17) is 0 Å². The summed E-state index contributed by atoms with van der Waals surface area (Å²) in [4.78, 5) is 11.2. The lowest BCUT2D eigenvalue weighted by Crippen LogP contribution is -2.24. The maximum Gasteiger partial charge on any atom is 0.134 e. The summed E-state index contributed by atoms with van der Waals surface area (Å²) in [6.45, 7) is 11.4. The fraction of sp³-hybridized carbons (Fsp3) is 0.714. The summed E-state index contributed by atoms with van der Waals surface area (Å²) in [6, 6.07) is 2.06. The quantitative estimate of drug-likeness (QED) is 0.817. The van der Waals surface area contributed by atoms with Crippen molar-refractivity contribution in [3.63, 3.8) is 0 Å². The molecule has 106 valence electrons. The molecule has 0 saturated carbocycles. The van der Waals surface area contributed by atoms with Crippen LogP contribution in [0.25, 0.3) is 0 Å². The van der Waals surface area contributed by atoms with Crippen LogP contribution in [0.5, 0.6) is 0 Å². The van der Waals surface area contributed by atoms with Crippen LogP contribution in [0, 0.1) is 12.8 Å². The maximum atomic E-state index is 4.52. The SMILES string of the molecule is CCN(CC)c1cc(NCC2CCNC2)nc(C)n1. The van der Waals surface area contributed by atoms with Gasteiger partial charge in [-0.1, -0.05) is 0 Å². The molecule has 1 aromatic rings. The van der Waals surface area contributed by atoms with E-state index in [1.165, 1.54) is 6.42 Å². The van der Waals surface area contributed by atoms with Crippen molar-refractivity contribution in [3.8, 4) is 0 Å². The van der Waals surface area contributed by atoms with E-state index in [-0.39, 0.29) is 0 Å². The fourth-order valence-corrected chi connectivity index (χ4v) is 2.49. The van der Waals surface area contributed by atoms with E-state index < -0.39 is 0 Å². The van der Waals surface area contributed by atoms with Crippen molar-refractivity contribution >= 4 is 11.6 Å². The van der Waals surface area contributed by atoms with Gasteiger partial charge >= 0.3 is 0 Å². The Morgan fingerprint density at radius 1 is 1.37 bits per heavy atom. The van der Waals surface area contributed by atoms with Crippen LogP contribution in [0.1, 0.15) is 26.1 Å². The normalized spacial score (nSPS) is 18.6. The highest BCUT2D eigenvalue weighted by Gasteiger charge is 2.14. The third-order valence-corrected chi connectivity index (χ3v) is 3.65. The number of aromatic nitrogens is 2. The summed E-state index contributed by atoms with van der Waals surface area (Å²) in [6.07, 6.45) is 1.25. The largest absolute Gasteiger partial charge is 0.370 e. The highest BCUT2D eigenvalue weighted by Crippen LogP contribution is 2.16. The second kappa shape index (κ2) is 6.70. The zero-order valence-electron chi connectivity index (χ0n) is 12.2. The molecule has 1 saturated heterocycles. The molecule has 2 rings (SSSR count). The molecule has 1 aromatic heterocycles. The van der Waals surface area contributed by atoms with Crippen molar-refractivity contribution in [2.75, 3.05) is 42.9 Å². The van der Waals surface area contributed by atoms with Crippen LogP contribution < -0.4 is 15.5 Å². The first kappa shape index (κ1) is 14.1. The Labute approximate surface area is 115 Å². The summed E-state index contributed by atoms with van der Waals surface area (Å²) < 4.78 is 0. The smallest absolute Gasteiger partial charge is 0.134 e. The molecule has 0 spiro atoms. The second-order valence-electron chi connectivity index (χ2n) is 5.07. The van der Waals surface area contributed by atoms with E-state index in [1.54, 1.807) is 0 Å². The summed E-state index contributed by atoms with van der Waals surface area (Å²) in [5.74, 6) is 3.51. The van der Waals surface area contributed by atoms with E-state index in [2.05, 4.69) is 45.4 Å². The van der Waals surface area contributed by atoms with E-state index >= 15 is 0 Å². The van der Waals surface area contributed by atoms with Crippen molar-refractivity contribution in [1.82, 2.24) is 15.3 Å². The van der Waals surface area contributed by atoms with Crippen molar-refractivity contribution in [1.29, 1.82) is 0 Å². The average Bonchev–Trinajstić information content (AvgIpc) is 2.90. The second-order valence-corrected chi connectivity index (χ2v) is 5.07. The first-order chi connectivity index (χ1) is 9.22. The van der Waals surface area contributed by atoms with Gasteiger partial charge in [0.15, 0.2) is 0 Å². The highest BCUT2D eigenvalue weighted by atomic mass is 15.2. The first-order valence-electron chi connectivity index (χ1n) is 7.28. The minimum Gasteiger partial charge on any atom is -0.370 e. The van der Waals surface area contributed by atoms with Crippen LogP contribution in [0.15, 0.2) is 6.07 Å². The Hall–Kier alpha value is -1.36. The van der Waals surface area contributed by atoms with Gasteiger partial charge in [0.05, 0.1) is 0 Å². The van der Waals surface area contributed by atoms with Crippen molar-refractivity contribution in [3.05, 3.63) is 11.9 Å². The number of rotatable bonds is 6. The van der Waals surface area contributed by atoms with Crippen molar-refractivity contribution in [2.45, 2.75) is 27.2 Å². The molecule has 0 bridgehead atoms. The van der Waals surface area contributed by atoms with Crippen molar-refractivity contribution < 1.29 is 0 Å². The molecule has 19 heavy (non-hydrogen) atoms. The minimum atomic E-state index is 0.715. The molecule has 5 heteroatoms. The molecule has 0 amide bonds. The molecule has 1 aliphatic heterocycles. The zero-order valence-corrected chi connectivity index (χ0v) is 12.2. The molecule has 1 aliphatic rings. The van der Waals surface area contributed by atoms with Gasteiger partial charge in [-0.2, -0.15) is 0 Å². The van der Waals surface area contributed by atoms with Gasteiger partial charge in [-0.05, 0) is 46.2 Å². The summed E-state index contributed by atoms with van der Waals surface area (Å²) >= 11 is 0. The van der Waals surface area contributed by atoms with Gasteiger partial charge in [-0.3, -0.25) is 0 Å². The van der Waals surface area contributed by atoms with Gasteiger partial charge in [0, 0.05) is 25.7 Å². The average molecular weight is 263 g/mol. The van der Waals surface area contributed by atoms with Crippen LogP contribution in [0.2, 0.25) is 0 Å². The predicted octanol–water partition coefficient (Wildman–Crippen LogP) is 1.65. The first-order valence-corrected chi connectivity index (χ1v) is 7.28. The summed E-state index contributed by atoms with van der Waals surface area (Å²) in [5, 5.41) is 6.84. The number of anilines is 2. The maximum absolute atomic E-state index is 4.52. The Kier molecular flexibility index (Phi) is 4.96. The Morgan fingerprint density at radius 3 is 2.79 bits per heavy atom. The molecule has 2 heterocycles. The van der Waals surface area contributed by atoms with Crippen LogP contribution in [0.4, 0.5) is 11.6 Å².